The molecule has 0 fully saturated rings. The van der Waals surface area contributed by atoms with Gasteiger partial charge in [0.15, 0.2) is 6.10 Å². The van der Waals surface area contributed by atoms with Crippen molar-refractivity contribution in [3.63, 3.8) is 0 Å². The Kier molecular flexibility index (Phi) is 35.5. The second-order valence-corrected chi connectivity index (χ2v) is 13.8. The molecule has 0 amide bonds. The maximum Gasteiger partial charge on any atom is 0.469 e. The molecule has 0 aromatic heterocycles. The molecule has 0 aromatic carbocycles. The van der Waals surface area contributed by atoms with Gasteiger partial charge in [-0.3, -0.25) is 14.1 Å². The van der Waals surface area contributed by atoms with Gasteiger partial charge < -0.3 is 19.3 Å². The Bertz CT molecular complexity index is 1160. The number of allylic oxidation sites excluding steroid dienone is 16. The largest absolute Gasteiger partial charge is 0.469 e. The van der Waals surface area contributed by atoms with E-state index < -0.39 is 32.5 Å². The van der Waals surface area contributed by atoms with E-state index in [1.807, 2.05) is 0 Å². The molecule has 0 saturated heterocycles. The van der Waals surface area contributed by atoms with E-state index in [9.17, 15) is 14.2 Å². The van der Waals surface area contributed by atoms with Crippen LogP contribution in [0.1, 0.15) is 142 Å². The molecule has 0 saturated carbocycles. The first-order chi connectivity index (χ1) is 25.3. The second kappa shape index (κ2) is 37.7. The van der Waals surface area contributed by atoms with Crippen molar-refractivity contribution in [2.24, 2.45) is 0 Å². The minimum absolute atomic E-state index is 0.159. The highest BCUT2D eigenvalue weighted by atomic mass is 31.2. The highest BCUT2D eigenvalue weighted by Gasteiger charge is 2.22. The van der Waals surface area contributed by atoms with Crippen molar-refractivity contribution in [3.8, 4) is 0 Å². The van der Waals surface area contributed by atoms with Gasteiger partial charge in [0.1, 0.15) is 6.61 Å². The maximum absolute atomic E-state index is 12.4. The Labute approximate surface area is 315 Å². The van der Waals surface area contributed by atoms with Crippen LogP contribution in [0.4, 0.5) is 0 Å². The first-order valence-electron chi connectivity index (χ1n) is 19.5. The molecule has 1 atom stereocenters. The van der Waals surface area contributed by atoms with Crippen LogP contribution in [0.3, 0.4) is 0 Å². The molecule has 0 bridgehead atoms. The summed E-state index contributed by atoms with van der Waals surface area (Å²) in [6.45, 7) is 3.45. The number of ether oxygens (including phenoxy) is 2. The highest BCUT2D eigenvalue weighted by Crippen LogP contribution is 2.35. The number of phosphoric acid groups is 1. The summed E-state index contributed by atoms with van der Waals surface area (Å²) in [5.74, 6) is -0.981. The standard InChI is InChI=1S/C43H69O8P/c1-3-5-7-9-11-13-15-17-19-20-21-22-24-26-28-30-32-34-36-38-43(45)51-41(40-50-52(46,47)48)39-49-42(44)37-35-33-31-29-27-25-23-18-16-14-12-10-8-6-4-2/h6,8,11-14,17-19,21-23,26-29,41H,3-5,7,9-10,15-16,20,24-25,30-40H2,1-2H3,(H2,46,47,48)/b8-6-,13-11-,14-12-,19-17-,22-21-,23-18-,28-26-,29-27-/t41-/m1/s1. The summed E-state index contributed by atoms with van der Waals surface area (Å²) < 4.78 is 26.3. The fraction of sp³-hybridized carbons (Fsp3) is 0.581. The van der Waals surface area contributed by atoms with Crippen LogP contribution >= 0.6 is 7.82 Å². The molecule has 0 aliphatic heterocycles. The summed E-state index contributed by atoms with van der Waals surface area (Å²) >= 11 is 0. The Morgan fingerprint density at radius 3 is 1.38 bits per heavy atom. The van der Waals surface area contributed by atoms with Gasteiger partial charge in [0.05, 0.1) is 6.61 Å². The van der Waals surface area contributed by atoms with Crippen LogP contribution in [0.2, 0.25) is 0 Å². The van der Waals surface area contributed by atoms with Gasteiger partial charge in [0.25, 0.3) is 0 Å². The summed E-state index contributed by atoms with van der Waals surface area (Å²) in [6, 6.07) is 0. The zero-order valence-corrected chi connectivity index (χ0v) is 33.1. The van der Waals surface area contributed by atoms with Crippen LogP contribution in [0.15, 0.2) is 97.2 Å². The fourth-order valence-corrected chi connectivity index (χ4v) is 5.06. The van der Waals surface area contributed by atoms with Crippen molar-refractivity contribution in [1.29, 1.82) is 0 Å². The average molecular weight is 745 g/mol. The first kappa shape index (κ1) is 49.0. The molecule has 8 nitrogen and oxygen atoms in total. The molecule has 0 aliphatic rings. The molecule has 0 heterocycles. The summed E-state index contributed by atoms with van der Waals surface area (Å²) in [6.07, 6.45) is 51.3. The van der Waals surface area contributed by atoms with E-state index in [4.69, 9.17) is 19.3 Å². The molecular formula is C43H69O8P. The van der Waals surface area contributed by atoms with Crippen LogP contribution in [0, 0.1) is 0 Å². The lowest BCUT2D eigenvalue weighted by atomic mass is 10.1. The van der Waals surface area contributed by atoms with E-state index in [0.717, 1.165) is 77.0 Å². The molecule has 2 N–H and O–H groups in total. The zero-order chi connectivity index (χ0) is 38.2. The second-order valence-electron chi connectivity index (χ2n) is 12.5. The minimum Gasteiger partial charge on any atom is -0.462 e. The predicted molar refractivity (Wildman–Crippen MR) is 216 cm³/mol. The van der Waals surface area contributed by atoms with Crippen molar-refractivity contribution >= 4 is 19.8 Å². The van der Waals surface area contributed by atoms with E-state index in [2.05, 4.69) is 116 Å². The van der Waals surface area contributed by atoms with Gasteiger partial charge in [-0.15, -0.1) is 0 Å². The SMILES string of the molecule is CC/C=C\C/C=C\C/C=C\C/C=C\CCCCC(=O)OC[C@H](COP(=O)(O)O)OC(=O)CCCCC/C=C\C/C=C\C/C=C\C/C=C\CCCCC. The number of carbonyl (C=O) groups excluding carboxylic acids is 2. The van der Waals surface area contributed by atoms with Gasteiger partial charge in [-0.1, -0.05) is 130 Å². The van der Waals surface area contributed by atoms with E-state index >= 15 is 0 Å². The van der Waals surface area contributed by atoms with Crippen LogP contribution in [-0.2, 0) is 28.2 Å². The van der Waals surface area contributed by atoms with Crippen LogP contribution in [0.5, 0.6) is 0 Å². The van der Waals surface area contributed by atoms with E-state index in [1.165, 1.54) is 25.7 Å². The number of hydrogen-bond acceptors (Lipinski definition) is 6. The highest BCUT2D eigenvalue weighted by molar-refractivity contribution is 7.46. The molecule has 0 spiro atoms. The van der Waals surface area contributed by atoms with Gasteiger partial charge >= 0.3 is 19.8 Å². The third kappa shape index (κ3) is 39.8. The Morgan fingerprint density at radius 1 is 0.519 bits per heavy atom. The summed E-state index contributed by atoms with van der Waals surface area (Å²) in [7, 11) is -4.78. The lowest BCUT2D eigenvalue weighted by Gasteiger charge is -2.18. The van der Waals surface area contributed by atoms with Crippen molar-refractivity contribution in [2.45, 2.75) is 148 Å². The van der Waals surface area contributed by atoms with Crippen LogP contribution in [-0.4, -0.2) is 41.0 Å². The number of rotatable bonds is 34. The summed E-state index contributed by atoms with van der Waals surface area (Å²) in [5.41, 5.74) is 0. The molecule has 52 heavy (non-hydrogen) atoms. The molecule has 294 valence electrons. The van der Waals surface area contributed by atoms with E-state index in [-0.39, 0.29) is 19.4 Å². The fourth-order valence-electron chi connectivity index (χ4n) is 4.70. The molecular weight excluding hydrogens is 675 g/mol. The molecule has 0 aromatic rings. The molecule has 0 radical (unpaired) electrons. The number of unbranched alkanes of at least 4 members (excludes halogenated alkanes) is 8. The predicted octanol–water partition coefficient (Wildman–Crippen LogP) is 11.8. The van der Waals surface area contributed by atoms with Gasteiger partial charge in [-0.05, 0) is 96.3 Å². The number of carbonyl (C=O) groups is 2. The van der Waals surface area contributed by atoms with Gasteiger partial charge in [-0.2, -0.15) is 0 Å². The van der Waals surface area contributed by atoms with Crippen molar-refractivity contribution in [2.75, 3.05) is 13.2 Å². The Hall–Kier alpha value is -3.03. The third-order valence-electron chi connectivity index (χ3n) is 7.59. The Morgan fingerprint density at radius 2 is 0.923 bits per heavy atom. The van der Waals surface area contributed by atoms with Crippen LogP contribution in [0.25, 0.3) is 0 Å². The normalized spacial score (nSPS) is 13.5. The number of esters is 2. The smallest absolute Gasteiger partial charge is 0.462 e. The van der Waals surface area contributed by atoms with Crippen LogP contribution < -0.4 is 0 Å². The number of hydrogen-bond donors (Lipinski definition) is 2. The van der Waals surface area contributed by atoms with E-state index in [0.29, 0.717) is 12.8 Å². The summed E-state index contributed by atoms with van der Waals surface area (Å²) in [5, 5.41) is 0. The quantitative estimate of drug-likeness (QED) is 0.0289. The lowest BCUT2D eigenvalue weighted by molar-refractivity contribution is -0.161. The van der Waals surface area contributed by atoms with Crippen molar-refractivity contribution < 1.29 is 37.9 Å². The third-order valence-corrected chi connectivity index (χ3v) is 8.07. The summed E-state index contributed by atoms with van der Waals surface area (Å²) in [4.78, 5) is 42.7. The maximum atomic E-state index is 12.4. The lowest BCUT2D eigenvalue weighted by Crippen LogP contribution is -2.29. The van der Waals surface area contributed by atoms with Gasteiger partial charge in [0, 0.05) is 12.8 Å². The van der Waals surface area contributed by atoms with Gasteiger partial charge in [-0.25, -0.2) is 4.57 Å². The zero-order valence-electron chi connectivity index (χ0n) is 32.2. The topological polar surface area (TPSA) is 119 Å². The molecule has 9 heteroatoms. The molecule has 0 aliphatic carbocycles. The Balaban J connectivity index is 4.12. The van der Waals surface area contributed by atoms with Crippen molar-refractivity contribution in [3.05, 3.63) is 97.2 Å². The average Bonchev–Trinajstić information content (AvgIpc) is 3.11. The first-order valence-corrected chi connectivity index (χ1v) is 21.1. The van der Waals surface area contributed by atoms with E-state index in [1.54, 1.807) is 0 Å². The van der Waals surface area contributed by atoms with Gasteiger partial charge in [0.2, 0.25) is 0 Å². The van der Waals surface area contributed by atoms with Crippen molar-refractivity contribution in [1.82, 2.24) is 0 Å². The monoisotopic (exact) mass is 744 g/mol. The molecule has 0 rings (SSSR count). The molecule has 0 unspecified atom stereocenters. The minimum atomic E-state index is -4.78. The number of phosphoric ester groups is 1.